The molecule has 0 radical (unpaired) electrons. The third kappa shape index (κ3) is 3.67. The van der Waals surface area contributed by atoms with Gasteiger partial charge in [0, 0.05) is 11.6 Å². The molecule has 1 aromatic rings. The summed E-state index contributed by atoms with van der Waals surface area (Å²) < 4.78 is 26.4. The summed E-state index contributed by atoms with van der Waals surface area (Å²) >= 11 is 0. The lowest BCUT2D eigenvalue weighted by atomic mass is 10.2. The first-order valence-corrected chi connectivity index (χ1v) is 5.40. The van der Waals surface area contributed by atoms with E-state index in [0.29, 0.717) is 6.42 Å². The first kappa shape index (κ1) is 13.8. The molecule has 1 amide bonds. The topological polar surface area (TPSA) is 52.9 Å². The smallest absolute Gasteiger partial charge is 0.245 e. The average molecular weight is 250 g/mol. The van der Waals surface area contributed by atoms with Crippen LogP contribution in [0.25, 0.3) is 6.08 Å². The van der Waals surface area contributed by atoms with Gasteiger partial charge >= 0.3 is 0 Å². The van der Waals surface area contributed by atoms with Gasteiger partial charge in [-0.1, -0.05) is 13.0 Å². The van der Waals surface area contributed by atoms with Crippen LogP contribution in [0.2, 0.25) is 0 Å². The Morgan fingerprint density at radius 2 is 2.11 bits per heavy atom. The molecular formula is C13H12F2N2O. The number of carbonyl (C=O) groups excluding carboxylic acids is 1. The molecule has 3 nitrogen and oxygen atoms in total. The third-order valence-corrected chi connectivity index (χ3v) is 2.28. The molecule has 0 aliphatic heterocycles. The highest BCUT2D eigenvalue weighted by molar-refractivity contribution is 5.92. The molecule has 0 fully saturated rings. The quantitative estimate of drug-likeness (QED) is 0.834. The van der Waals surface area contributed by atoms with E-state index in [1.165, 1.54) is 6.07 Å². The molecule has 1 aromatic carbocycles. The normalized spacial score (nSPS) is 12.1. The lowest BCUT2D eigenvalue weighted by Crippen LogP contribution is -2.31. The summed E-state index contributed by atoms with van der Waals surface area (Å²) in [7, 11) is 0. The van der Waals surface area contributed by atoms with Crippen molar-refractivity contribution >= 4 is 12.0 Å². The minimum absolute atomic E-state index is 0.280. The Bertz CT molecular complexity index is 486. The van der Waals surface area contributed by atoms with Crippen molar-refractivity contribution in [2.24, 2.45) is 0 Å². The van der Waals surface area contributed by atoms with Crippen LogP contribution in [-0.2, 0) is 4.79 Å². The summed E-state index contributed by atoms with van der Waals surface area (Å²) in [6.45, 7) is 1.74. The fourth-order valence-electron chi connectivity index (χ4n) is 1.27. The summed E-state index contributed by atoms with van der Waals surface area (Å²) in [5.41, 5.74) is -0.280. The number of hydrogen-bond donors (Lipinski definition) is 1. The first-order valence-electron chi connectivity index (χ1n) is 5.40. The highest BCUT2D eigenvalue weighted by atomic mass is 19.1. The van der Waals surface area contributed by atoms with E-state index in [4.69, 9.17) is 5.26 Å². The zero-order valence-corrected chi connectivity index (χ0v) is 9.78. The predicted octanol–water partition coefficient (Wildman–Crippen LogP) is 2.40. The van der Waals surface area contributed by atoms with Gasteiger partial charge in [0.05, 0.1) is 6.07 Å². The first-order chi connectivity index (χ1) is 8.58. The van der Waals surface area contributed by atoms with Crippen LogP contribution in [-0.4, -0.2) is 11.9 Å². The second-order valence-corrected chi connectivity index (χ2v) is 3.57. The van der Waals surface area contributed by atoms with E-state index in [2.05, 4.69) is 5.32 Å². The minimum Gasteiger partial charge on any atom is -0.337 e. The van der Waals surface area contributed by atoms with E-state index >= 15 is 0 Å². The monoisotopic (exact) mass is 250 g/mol. The van der Waals surface area contributed by atoms with Crippen molar-refractivity contribution in [3.63, 3.8) is 0 Å². The second-order valence-electron chi connectivity index (χ2n) is 3.57. The molecule has 1 rings (SSSR count). The van der Waals surface area contributed by atoms with Crippen molar-refractivity contribution in [2.75, 3.05) is 0 Å². The van der Waals surface area contributed by atoms with E-state index in [0.717, 1.165) is 24.3 Å². The summed E-state index contributed by atoms with van der Waals surface area (Å²) in [6, 6.07) is 4.73. The molecule has 0 spiro atoms. The van der Waals surface area contributed by atoms with Crippen LogP contribution in [0.15, 0.2) is 24.3 Å². The molecule has 0 bridgehead atoms. The molecule has 1 atom stereocenters. The number of nitrogens with zero attached hydrogens (tertiary/aromatic N) is 1. The number of halogens is 2. The van der Waals surface area contributed by atoms with Gasteiger partial charge in [0.2, 0.25) is 5.91 Å². The largest absolute Gasteiger partial charge is 0.337 e. The standard InChI is InChI=1S/C13H12F2N2O/c1-2-9(8-16)17-13(18)7-6-10-11(14)4-3-5-12(10)15/h3-7,9H,2H2,1H3,(H,17,18). The number of carbonyl (C=O) groups is 1. The molecule has 1 unspecified atom stereocenters. The van der Waals surface area contributed by atoms with Gasteiger partial charge in [-0.25, -0.2) is 8.78 Å². The van der Waals surface area contributed by atoms with Crippen molar-refractivity contribution in [3.8, 4) is 6.07 Å². The molecule has 0 aliphatic rings. The van der Waals surface area contributed by atoms with Crippen molar-refractivity contribution in [2.45, 2.75) is 19.4 Å². The van der Waals surface area contributed by atoms with Gasteiger partial charge in [0.25, 0.3) is 0 Å². The van der Waals surface area contributed by atoms with Crippen molar-refractivity contribution in [1.82, 2.24) is 5.32 Å². The predicted molar refractivity (Wildman–Crippen MR) is 63.2 cm³/mol. The lowest BCUT2D eigenvalue weighted by Gasteiger charge is -2.05. The van der Waals surface area contributed by atoms with Gasteiger partial charge in [0.1, 0.15) is 17.7 Å². The number of nitriles is 1. The van der Waals surface area contributed by atoms with E-state index in [1.54, 1.807) is 6.92 Å². The summed E-state index contributed by atoms with van der Waals surface area (Å²) in [5, 5.41) is 11.0. The molecule has 18 heavy (non-hydrogen) atoms. The Labute approximate surface area is 104 Å². The van der Waals surface area contributed by atoms with Gasteiger partial charge in [-0.05, 0) is 24.6 Å². The highest BCUT2D eigenvalue weighted by Crippen LogP contribution is 2.13. The SMILES string of the molecule is CCC(C#N)NC(=O)C=Cc1c(F)cccc1F. The van der Waals surface area contributed by atoms with E-state index in [9.17, 15) is 13.6 Å². The molecule has 0 saturated carbocycles. The third-order valence-electron chi connectivity index (χ3n) is 2.28. The lowest BCUT2D eigenvalue weighted by molar-refractivity contribution is -0.116. The minimum atomic E-state index is -0.744. The van der Waals surface area contributed by atoms with E-state index in [1.807, 2.05) is 6.07 Å². The van der Waals surface area contributed by atoms with Crippen LogP contribution in [0.5, 0.6) is 0 Å². The summed E-state index contributed by atoms with van der Waals surface area (Å²) in [5.74, 6) is -2.05. The molecular weight excluding hydrogens is 238 g/mol. The summed E-state index contributed by atoms with van der Waals surface area (Å²) in [4.78, 5) is 11.4. The maximum atomic E-state index is 13.2. The zero-order chi connectivity index (χ0) is 13.5. The number of rotatable bonds is 4. The molecule has 0 heterocycles. The number of hydrogen-bond acceptors (Lipinski definition) is 2. The molecule has 0 aromatic heterocycles. The Morgan fingerprint density at radius 3 is 2.61 bits per heavy atom. The Kier molecular flexibility index (Phi) is 5.00. The van der Waals surface area contributed by atoms with Crippen LogP contribution in [0.4, 0.5) is 8.78 Å². The fraction of sp³-hybridized carbons (Fsp3) is 0.231. The van der Waals surface area contributed by atoms with Gasteiger partial charge < -0.3 is 5.32 Å². The van der Waals surface area contributed by atoms with Crippen molar-refractivity contribution < 1.29 is 13.6 Å². The van der Waals surface area contributed by atoms with Gasteiger partial charge in [0.15, 0.2) is 0 Å². The van der Waals surface area contributed by atoms with E-state index < -0.39 is 23.6 Å². The fourth-order valence-corrected chi connectivity index (χ4v) is 1.27. The maximum Gasteiger partial charge on any atom is 0.245 e. The Balaban J connectivity index is 2.76. The molecule has 5 heteroatoms. The van der Waals surface area contributed by atoms with Crippen LogP contribution in [0.1, 0.15) is 18.9 Å². The molecule has 94 valence electrons. The van der Waals surface area contributed by atoms with Crippen molar-refractivity contribution in [3.05, 3.63) is 41.5 Å². The highest BCUT2D eigenvalue weighted by Gasteiger charge is 2.08. The van der Waals surface area contributed by atoms with Crippen LogP contribution in [0.3, 0.4) is 0 Å². The average Bonchev–Trinajstić information content (AvgIpc) is 2.35. The van der Waals surface area contributed by atoms with Gasteiger partial charge in [-0.2, -0.15) is 5.26 Å². The number of nitrogens with one attached hydrogen (secondary N) is 1. The molecule has 0 aliphatic carbocycles. The maximum absolute atomic E-state index is 13.2. The molecule has 1 N–H and O–H groups in total. The summed E-state index contributed by atoms with van der Waals surface area (Å²) in [6.07, 6.45) is 2.51. The van der Waals surface area contributed by atoms with Crippen molar-refractivity contribution in [1.29, 1.82) is 5.26 Å². The van der Waals surface area contributed by atoms with Crippen LogP contribution in [0, 0.1) is 23.0 Å². The Morgan fingerprint density at radius 1 is 1.50 bits per heavy atom. The molecule has 0 saturated heterocycles. The number of benzene rings is 1. The van der Waals surface area contributed by atoms with Crippen LogP contribution >= 0.6 is 0 Å². The van der Waals surface area contributed by atoms with E-state index in [-0.39, 0.29) is 5.56 Å². The van der Waals surface area contributed by atoms with Gasteiger partial charge in [-0.3, -0.25) is 4.79 Å². The number of amides is 1. The second kappa shape index (κ2) is 6.50. The van der Waals surface area contributed by atoms with Gasteiger partial charge in [-0.15, -0.1) is 0 Å². The Hall–Kier alpha value is -2.22. The van der Waals surface area contributed by atoms with Crippen LogP contribution < -0.4 is 5.32 Å². The zero-order valence-electron chi connectivity index (χ0n) is 9.78.